The fourth-order valence-corrected chi connectivity index (χ4v) is 3.00. The summed E-state index contributed by atoms with van der Waals surface area (Å²) in [4.78, 5) is 15.5. The molecule has 7 heteroatoms. The van der Waals surface area contributed by atoms with Crippen LogP contribution in [-0.4, -0.2) is 21.2 Å². The number of carboxylic acids is 1. The van der Waals surface area contributed by atoms with Gasteiger partial charge in [0.15, 0.2) is 5.11 Å². The number of carboxylic acid groups (broad SMARTS) is 1. The van der Waals surface area contributed by atoms with Crippen molar-refractivity contribution < 1.29 is 9.90 Å². The number of thiocarbonyl (C=S) groups is 1. The zero-order chi connectivity index (χ0) is 17.1. The van der Waals surface area contributed by atoms with E-state index in [2.05, 4.69) is 15.6 Å². The van der Waals surface area contributed by atoms with Gasteiger partial charge in [0.25, 0.3) is 0 Å². The maximum Gasteiger partial charge on any atom is 0.307 e. The summed E-state index contributed by atoms with van der Waals surface area (Å²) in [6, 6.07) is 10.5. The minimum absolute atomic E-state index is 0.125. The molecule has 1 aliphatic rings. The zero-order valence-corrected chi connectivity index (χ0v) is 14.1. The summed E-state index contributed by atoms with van der Waals surface area (Å²) in [5.41, 5.74) is 3.05. The first kappa shape index (κ1) is 16.4. The number of hydrogen-bond donors (Lipinski definition) is 3. The predicted molar refractivity (Wildman–Crippen MR) is 96.5 cm³/mol. The number of aliphatic carboxylic acids is 1. The zero-order valence-electron chi connectivity index (χ0n) is 12.5. The van der Waals surface area contributed by atoms with E-state index in [0.717, 1.165) is 11.1 Å². The van der Waals surface area contributed by atoms with Gasteiger partial charge in [0, 0.05) is 23.1 Å². The molecule has 3 N–H and O–H groups in total. The smallest absolute Gasteiger partial charge is 0.307 e. The van der Waals surface area contributed by atoms with E-state index in [9.17, 15) is 9.90 Å². The number of pyridine rings is 1. The Morgan fingerprint density at radius 3 is 2.67 bits per heavy atom. The molecule has 0 saturated carbocycles. The van der Waals surface area contributed by atoms with Crippen LogP contribution >= 0.6 is 23.8 Å². The van der Waals surface area contributed by atoms with E-state index in [4.69, 9.17) is 23.8 Å². The van der Waals surface area contributed by atoms with Gasteiger partial charge in [0.05, 0.1) is 12.5 Å². The minimum atomic E-state index is -0.915. The molecule has 0 fully saturated rings. The summed E-state index contributed by atoms with van der Waals surface area (Å²) >= 11 is 11.2. The van der Waals surface area contributed by atoms with Crippen molar-refractivity contribution in [1.82, 2.24) is 15.6 Å². The molecule has 0 amide bonds. The van der Waals surface area contributed by atoms with Crippen molar-refractivity contribution in [3.05, 3.63) is 70.5 Å². The van der Waals surface area contributed by atoms with E-state index < -0.39 is 5.97 Å². The molecular weight excluding hydrogens is 346 g/mol. The number of halogens is 1. The molecule has 24 heavy (non-hydrogen) atoms. The highest BCUT2D eigenvalue weighted by atomic mass is 35.5. The van der Waals surface area contributed by atoms with Crippen LogP contribution in [0.25, 0.3) is 5.70 Å². The highest BCUT2D eigenvalue weighted by molar-refractivity contribution is 7.80. The van der Waals surface area contributed by atoms with Crippen LogP contribution in [0.3, 0.4) is 0 Å². The number of benzene rings is 1. The first-order valence-corrected chi connectivity index (χ1v) is 8.01. The standard InChI is InChI=1S/C17H14ClN3O2S/c18-12-5-3-10(4-6-12)15-13(8-14(22)23)16(21-17(24)20-15)11-2-1-7-19-9-11/h1-7,9,16H,8H2,(H,22,23)(H2,20,21,24). The SMILES string of the molecule is O=C(O)CC1=C(c2ccc(Cl)cc2)NC(=S)NC1c1cccnc1. The van der Waals surface area contributed by atoms with Gasteiger partial charge in [0.1, 0.15) is 0 Å². The highest BCUT2D eigenvalue weighted by Crippen LogP contribution is 2.33. The summed E-state index contributed by atoms with van der Waals surface area (Å²) in [5, 5.41) is 16.6. The average Bonchev–Trinajstić information content (AvgIpc) is 2.57. The van der Waals surface area contributed by atoms with Crippen LogP contribution in [0.1, 0.15) is 23.6 Å². The third-order valence-electron chi connectivity index (χ3n) is 3.68. The molecule has 1 aromatic heterocycles. The largest absolute Gasteiger partial charge is 0.481 e. The Kier molecular flexibility index (Phi) is 4.78. The summed E-state index contributed by atoms with van der Waals surface area (Å²) in [6.45, 7) is 0. The lowest BCUT2D eigenvalue weighted by Crippen LogP contribution is -2.43. The third-order valence-corrected chi connectivity index (χ3v) is 4.15. The lowest BCUT2D eigenvalue weighted by Gasteiger charge is -2.31. The molecule has 1 aliphatic heterocycles. The number of hydrogen-bond acceptors (Lipinski definition) is 3. The van der Waals surface area contributed by atoms with Gasteiger partial charge in [-0.2, -0.15) is 0 Å². The summed E-state index contributed by atoms with van der Waals surface area (Å²) in [6.07, 6.45) is 3.25. The van der Waals surface area contributed by atoms with E-state index in [1.165, 1.54) is 0 Å². The van der Waals surface area contributed by atoms with Gasteiger partial charge in [0.2, 0.25) is 0 Å². The second-order valence-electron chi connectivity index (χ2n) is 5.30. The summed E-state index contributed by atoms with van der Waals surface area (Å²) < 4.78 is 0. The van der Waals surface area contributed by atoms with Gasteiger partial charge in [-0.1, -0.05) is 29.8 Å². The van der Waals surface area contributed by atoms with Crippen LogP contribution in [-0.2, 0) is 4.79 Å². The van der Waals surface area contributed by atoms with E-state index >= 15 is 0 Å². The first-order chi connectivity index (χ1) is 11.5. The molecule has 3 rings (SSSR count). The van der Waals surface area contributed by atoms with Gasteiger partial charge < -0.3 is 15.7 Å². The molecule has 0 bridgehead atoms. The van der Waals surface area contributed by atoms with Gasteiger partial charge >= 0.3 is 5.97 Å². The number of nitrogens with one attached hydrogen (secondary N) is 2. The van der Waals surface area contributed by atoms with Crippen molar-refractivity contribution in [2.75, 3.05) is 0 Å². The van der Waals surface area contributed by atoms with Gasteiger partial charge in [-0.3, -0.25) is 9.78 Å². The molecule has 5 nitrogen and oxygen atoms in total. The van der Waals surface area contributed by atoms with Crippen molar-refractivity contribution >= 4 is 40.6 Å². The fraction of sp³-hybridized carbons (Fsp3) is 0.118. The Morgan fingerprint density at radius 1 is 1.29 bits per heavy atom. The van der Waals surface area contributed by atoms with Crippen LogP contribution in [0.15, 0.2) is 54.4 Å². The molecule has 0 radical (unpaired) electrons. The van der Waals surface area contributed by atoms with Crippen LogP contribution in [0.2, 0.25) is 5.02 Å². The Morgan fingerprint density at radius 2 is 2.04 bits per heavy atom. The van der Waals surface area contributed by atoms with Crippen molar-refractivity contribution in [3.63, 3.8) is 0 Å². The maximum atomic E-state index is 11.4. The van der Waals surface area contributed by atoms with E-state index in [1.807, 2.05) is 24.3 Å². The number of nitrogens with zero attached hydrogens (tertiary/aromatic N) is 1. The Balaban J connectivity index is 2.14. The third kappa shape index (κ3) is 3.55. The first-order valence-electron chi connectivity index (χ1n) is 7.23. The maximum absolute atomic E-state index is 11.4. The number of rotatable bonds is 4. The van der Waals surface area contributed by atoms with E-state index in [-0.39, 0.29) is 12.5 Å². The van der Waals surface area contributed by atoms with Gasteiger partial charge in [-0.15, -0.1) is 0 Å². The summed E-state index contributed by atoms with van der Waals surface area (Å²) in [7, 11) is 0. The monoisotopic (exact) mass is 359 g/mol. The van der Waals surface area contributed by atoms with Crippen LogP contribution in [0, 0.1) is 0 Å². The number of aromatic nitrogens is 1. The molecule has 0 saturated heterocycles. The second-order valence-corrected chi connectivity index (χ2v) is 6.14. The Labute approximate surface area is 149 Å². The fourth-order valence-electron chi connectivity index (χ4n) is 2.65. The normalized spacial score (nSPS) is 17.2. The van der Waals surface area contributed by atoms with Gasteiger partial charge in [-0.05, 0) is 47.1 Å². The lowest BCUT2D eigenvalue weighted by molar-refractivity contribution is -0.136. The highest BCUT2D eigenvalue weighted by Gasteiger charge is 2.28. The Hall–Kier alpha value is -2.44. The summed E-state index contributed by atoms with van der Waals surface area (Å²) in [5.74, 6) is -0.915. The average molecular weight is 360 g/mol. The van der Waals surface area contributed by atoms with Crippen molar-refractivity contribution in [2.24, 2.45) is 0 Å². The molecular formula is C17H14ClN3O2S. The quantitative estimate of drug-likeness (QED) is 0.728. The molecule has 122 valence electrons. The van der Waals surface area contributed by atoms with Crippen molar-refractivity contribution in [2.45, 2.75) is 12.5 Å². The molecule has 2 aromatic rings. The van der Waals surface area contributed by atoms with Crippen LogP contribution in [0.5, 0.6) is 0 Å². The van der Waals surface area contributed by atoms with Gasteiger partial charge in [-0.25, -0.2) is 0 Å². The molecule has 0 spiro atoms. The Bertz CT molecular complexity index is 806. The molecule has 2 heterocycles. The molecule has 1 aromatic carbocycles. The van der Waals surface area contributed by atoms with Crippen LogP contribution < -0.4 is 10.6 Å². The minimum Gasteiger partial charge on any atom is -0.481 e. The molecule has 1 atom stereocenters. The lowest BCUT2D eigenvalue weighted by atomic mass is 9.91. The molecule has 0 aliphatic carbocycles. The van der Waals surface area contributed by atoms with Crippen LogP contribution in [0.4, 0.5) is 0 Å². The second kappa shape index (κ2) is 6.98. The van der Waals surface area contributed by atoms with Crippen molar-refractivity contribution in [1.29, 1.82) is 0 Å². The van der Waals surface area contributed by atoms with E-state index in [1.54, 1.807) is 24.5 Å². The molecule has 1 unspecified atom stereocenters. The number of carbonyl (C=O) groups is 1. The predicted octanol–water partition coefficient (Wildman–Crippen LogP) is 3.14. The van der Waals surface area contributed by atoms with E-state index in [0.29, 0.717) is 21.4 Å². The van der Waals surface area contributed by atoms with Crippen molar-refractivity contribution in [3.8, 4) is 0 Å². The topological polar surface area (TPSA) is 74.2 Å².